The van der Waals surface area contributed by atoms with Gasteiger partial charge in [0.25, 0.3) is 0 Å². The molecule has 0 aromatic rings. The monoisotopic (exact) mass is 482 g/mol. The maximum atomic E-state index is 11.7. The molecule has 1 aliphatic carbocycles. The number of ether oxygens (including phenoxy) is 2. The molecule has 1 saturated carbocycles. The zero-order valence-electron chi connectivity index (χ0n) is 17.7. The molecule has 0 saturated heterocycles. The molecule has 0 aromatic heterocycles. The van der Waals surface area contributed by atoms with E-state index in [1.54, 1.807) is 6.92 Å². The maximum absolute atomic E-state index is 11.7. The number of aliphatic hydroxyl groups excluding tert-OH is 1. The number of carbonyl (C=O) groups is 1. The minimum atomic E-state index is -0.551. The predicted octanol–water partition coefficient (Wildman–Crippen LogP) is 5.98. The molecule has 26 heavy (non-hydrogen) atoms. The summed E-state index contributed by atoms with van der Waals surface area (Å²) in [5.41, 5.74) is 0.119. The van der Waals surface area contributed by atoms with Crippen LogP contribution in [0.1, 0.15) is 80.6 Å². The van der Waals surface area contributed by atoms with Crippen LogP contribution in [-0.4, -0.2) is 34.0 Å². The summed E-state index contributed by atoms with van der Waals surface area (Å²) < 4.78 is 10.7. The Morgan fingerprint density at radius 1 is 1.35 bits per heavy atom. The van der Waals surface area contributed by atoms with Crippen LogP contribution in [0.4, 0.5) is 4.79 Å². The molecule has 0 bridgehead atoms. The van der Waals surface area contributed by atoms with Gasteiger partial charge in [0, 0.05) is 3.92 Å². The van der Waals surface area contributed by atoms with Crippen molar-refractivity contribution < 1.29 is 19.4 Å². The highest BCUT2D eigenvalue weighted by Crippen LogP contribution is 2.51. The van der Waals surface area contributed by atoms with E-state index >= 15 is 0 Å². The van der Waals surface area contributed by atoms with Gasteiger partial charge in [-0.3, -0.25) is 0 Å². The molecule has 0 amide bonds. The minimum Gasteiger partial charge on any atom is -0.435 e. The fourth-order valence-corrected chi connectivity index (χ4v) is 4.95. The van der Waals surface area contributed by atoms with E-state index in [1.165, 1.54) is 0 Å². The van der Waals surface area contributed by atoms with Gasteiger partial charge < -0.3 is 14.6 Å². The van der Waals surface area contributed by atoms with Gasteiger partial charge in [-0.25, -0.2) is 4.79 Å². The van der Waals surface area contributed by atoms with Gasteiger partial charge >= 0.3 is 6.16 Å². The number of halogens is 1. The number of aliphatic hydroxyl groups is 1. The van der Waals surface area contributed by atoms with Crippen molar-refractivity contribution in [1.82, 2.24) is 0 Å². The van der Waals surface area contributed by atoms with E-state index in [2.05, 4.69) is 64.1 Å². The fourth-order valence-electron chi connectivity index (χ4n) is 4.33. The molecule has 1 N–H and O–H groups in total. The average Bonchev–Trinajstić information content (AvgIpc) is 2.55. The molecule has 0 spiro atoms. The number of hydrogen-bond acceptors (Lipinski definition) is 4. The standard InChI is InChI=1S/C21H39IO4/c1-8-10-15-13-16(26-19(24)25-9-2)11-12-21(15,7)14(3)17(23)18(22)20(4,5)6/h14-18,23H,8-13H2,1-7H3/t14?,15-,16-,17-,18+,21-/m1/s1. The SMILES string of the molecule is CCC[C@@H]1C[C@H](OC(=O)OCC)CC[C@]1(C)C(C)[C@@H](O)[C@H](I)C(C)(C)C. The van der Waals surface area contributed by atoms with Crippen molar-refractivity contribution in [3.8, 4) is 0 Å². The molecular weight excluding hydrogens is 443 g/mol. The summed E-state index contributed by atoms with van der Waals surface area (Å²) in [5, 5.41) is 11.1. The van der Waals surface area contributed by atoms with Crippen molar-refractivity contribution in [3.05, 3.63) is 0 Å². The van der Waals surface area contributed by atoms with Crippen molar-refractivity contribution in [3.63, 3.8) is 0 Å². The molecule has 1 aliphatic rings. The van der Waals surface area contributed by atoms with E-state index in [-0.39, 0.29) is 32.9 Å². The minimum absolute atomic E-state index is 0.0542. The van der Waals surface area contributed by atoms with Gasteiger partial charge in [0.1, 0.15) is 6.10 Å². The van der Waals surface area contributed by atoms with Crippen LogP contribution in [0, 0.1) is 22.7 Å². The third kappa shape index (κ3) is 5.98. The Kier molecular flexibility index (Phi) is 9.18. The molecule has 0 heterocycles. The molecule has 0 radical (unpaired) electrons. The average molecular weight is 482 g/mol. The zero-order chi connectivity index (χ0) is 20.1. The third-order valence-corrected chi connectivity index (χ3v) is 8.93. The summed E-state index contributed by atoms with van der Waals surface area (Å²) in [5.74, 6) is 0.637. The van der Waals surface area contributed by atoms with Crippen molar-refractivity contribution in [1.29, 1.82) is 0 Å². The van der Waals surface area contributed by atoms with Crippen molar-refractivity contribution in [2.45, 2.75) is 96.7 Å². The molecule has 1 fully saturated rings. The smallest absolute Gasteiger partial charge is 0.435 e. The Bertz CT molecular complexity index is 448. The van der Waals surface area contributed by atoms with Crippen LogP contribution in [0.15, 0.2) is 0 Å². The maximum Gasteiger partial charge on any atom is 0.508 e. The normalized spacial score (nSPS) is 30.3. The molecule has 1 rings (SSSR count). The van der Waals surface area contributed by atoms with E-state index in [0.29, 0.717) is 12.5 Å². The first kappa shape index (κ1) is 24.0. The lowest BCUT2D eigenvalue weighted by Gasteiger charge is -2.50. The van der Waals surface area contributed by atoms with Crippen LogP contribution in [0.5, 0.6) is 0 Å². The van der Waals surface area contributed by atoms with E-state index in [9.17, 15) is 9.90 Å². The van der Waals surface area contributed by atoms with Crippen LogP contribution in [-0.2, 0) is 9.47 Å². The Balaban J connectivity index is 2.89. The largest absolute Gasteiger partial charge is 0.508 e. The summed E-state index contributed by atoms with van der Waals surface area (Å²) in [6.07, 6.45) is 3.90. The van der Waals surface area contributed by atoms with E-state index in [4.69, 9.17) is 9.47 Å². The number of carbonyl (C=O) groups excluding carboxylic acids is 1. The topological polar surface area (TPSA) is 55.8 Å². The first-order chi connectivity index (χ1) is 12.0. The molecule has 6 atom stereocenters. The van der Waals surface area contributed by atoms with E-state index in [0.717, 1.165) is 32.1 Å². The summed E-state index contributed by atoms with van der Waals surface area (Å²) in [6, 6.07) is 0. The molecular formula is C21H39IO4. The van der Waals surface area contributed by atoms with E-state index < -0.39 is 6.16 Å². The third-order valence-electron chi connectivity index (χ3n) is 6.33. The highest BCUT2D eigenvalue weighted by atomic mass is 127. The number of hydrogen-bond donors (Lipinski definition) is 1. The van der Waals surface area contributed by atoms with Crippen LogP contribution in [0.2, 0.25) is 0 Å². The summed E-state index contributed by atoms with van der Waals surface area (Å²) in [4.78, 5) is 11.7. The lowest BCUT2D eigenvalue weighted by atomic mass is 9.57. The van der Waals surface area contributed by atoms with Gasteiger partial charge in [-0.2, -0.15) is 0 Å². The van der Waals surface area contributed by atoms with Gasteiger partial charge in [-0.1, -0.05) is 77.0 Å². The fraction of sp³-hybridized carbons (Fsp3) is 0.952. The Morgan fingerprint density at radius 2 is 1.96 bits per heavy atom. The van der Waals surface area contributed by atoms with E-state index in [1.807, 2.05) is 0 Å². The molecule has 5 heteroatoms. The van der Waals surface area contributed by atoms with Gasteiger partial charge in [-0.15, -0.1) is 0 Å². The van der Waals surface area contributed by atoms with Gasteiger partial charge in [0.2, 0.25) is 0 Å². The molecule has 0 aliphatic heterocycles. The summed E-state index contributed by atoms with van der Waals surface area (Å²) >= 11 is 2.41. The Labute approximate surface area is 173 Å². The second-order valence-electron chi connectivity index (χ2n) is 9.24. The Morgan fingerprint density at radius 3 is 2.46 bits per heavy atom. The quantitative estimate of drug-likeness (QED) is 0.276. The van der Waals surface area contributed by atoms with Crippen LogP contribution >= 0.6 is 22.6 Å². The van der Waals surface area contributed by atoms with Crippen molar-refractivity contribution >= 4 is 28.7 Å². The lowest BCUT2D eigenvalue weighted by molar-refractivity contribution is -0.0751. The number of alkyl halides is 1. The lowest BCUT2D eigenvalue weighted by Crippen LogP contribution is -2.49. The van der Waals surface area contributed by atoms with Crippen molar-refractivity contribution in [2.24, 2.45) is 22.7 Å². The number of rotatable bonds is 7. The molecule has 0 aromatic carbocycles. The molecule has 4 nitrogen and oxygen atoms in total. The van der Waals surface area contributed by atoms with Gasteiger partial charge in [-0.05, 0) is 48.9 Å². The van der Waals surface area contributed by atoms with Crippen LogP contribution in [0.25, 0.3) is 0 Å². The Hall–Kier alpha value is -0.0400. The van der Waals surface area contributed by atoms with Crippen molar-refractivity contribution in [2.75, 3.05) is 6.61 Å². The predicted molar refractivity (Wildman–Crippen MR) is 115 cm³/mol. The molecule has 1 unspecified atom stereocenters. The first-order valence-corrected chi connectivity index (χ1v) is 11.4. The second-order valence-corrected chi connectivity index (χ2v) is 10.6. The first-order valence-electron chi connectivity index (χ1n) is 10.1. The van der Waals surface area contributed by atoms with Gasteiger partial charge in [0.05, 0.1) is 12.7 Å². The highest BCUT2D eigenvalue weighted by molar-refractivity contribution is 14.1. The highest BCUT2D eigenvalue weighted by Gasteiger charge is 2.48. The van der Waals surface area contributed by atoms with Crippen LogP contribution in [0.3, 0.4) is 0 Å². The zero-order valence-corrected chi connectivity index (χ0v) is 19.8. The molecule has 154 valence electrons. The summed E-state index contributed by atoms with van der Waals surface area (Å²) in [6.45, 7) is 15.4. The summed E-state index contributed by atoms with van der Waals surface area (Å²) in [7, 11) is 0. The second kappa shape index (κ2) is 9.94. The van der Waals surface area contributed by atoms with Crippen LogP contribution < -0.4 is 0 Å². The van der Waals surface area contributed by atoms with Gasteiger partial charge in [0.15, 0.2) is 0 Å².